The molecule has 31 heavy (non-hydrogen) atoms. The van der Waals surface area contributed by atoms with Crippen molar-refractivity contribution in [1.82, 2.24) is 9.97 Å². The van der Waals surface area contributed by atoms with Crippen molar-refractivity contribution in [3.05, 3.63) is 103 Å². The van der Waals surface area contributed by atoms with E-state index in [2.05, 4.69) is 15.3 Å². The lowest BCUT2D eigenvalue weighted by Gasteiger charge is -2.12. The molecule has 5 rings (SSSR count). The van der Waals surface area contributed by atoms with E-state index in [4.69, 9.17) is 4.74 Å². The number of thiazole rings is 1. The zero-order chi connectivity index (χ0) is 21.0. The molecular formula is C25H17N3O2S. The maximum Gasteiger partial charge on any atom is 0.259 e. The summed E-state index contributed by atoms with van der Waals surface area (Å²) >= 11 is 1.57. The van der Waals surface area contributed by atoms with Gasteiger partial charge in [-0.15, -0.1) is 11.3 Å². The third-order valence-corrected chi connectivity index (χ3v) is 5.72. The van der Waals surface area contributed by atoms with E-state index >= 15 is 0 Å². The number of aromatic nitrogens is 2. The molecule has 0 fully saturated rings. The Morgan fingerprint density at radius 2 is 1.74 bits per heavy atom. The number of nitrogens with one attached hydrogen (secondary N) is 1. The standard InChI is InChI=1S/C25H17N3O2S/c29-24(20-11-4-5-12-22(20)30-19-9-2-1-3-10-19)27-18-8-6-7-17(15-18)25-28-21-13-14-26-16-23(21)31-25/h1-16H,(H,27,29). The minimum absolute atomic E-state index is 0.239. The maximum absolute atomic E-state index is 13.0. The highest BCUT2D eigenvalue weighted by molar-refractivity contribution is 7.21. The Balaban J connectivity index is 1.39. The molecular weight excluding hydrogens is 406 g/mol. The van der Waals surface area contributed by atoms with Crippen LogP contribution in [0.15, 0.2) is 97.3 Å². The average molecular weight is 423 g/mol. The zero-order valence-corrected chi connectivity index (χ0v) is 17.2. The first kappa shape index (κ1) is 19.0. The molecule has 0 unspecified atom stereocenters. The van der Waals surface area contributed by atoms with Crippen molar-refractivity contribution in [2.24, 2.45) is 0 Å². The van der Waals surface area contributed by atoms with Gasteiger partial charge >= 0.3 is 0 Å². The van der Waals surface area contributed by atoms with Crippen LogP contribution in [0.2, 0.25) is 0 Å². The van der Waals surface area contributed by atoms with E-state index in [1.54, 1.807) is 29.7 Å². The smallest absolute Gasteiger partial charge is 0.259 e. The highest BCUT2D eigenvalue weighted by atomic mass is 32.1. The van der Waals surface area contributed by atoms with Crippen molar-refractivity contribution in [1.29, 1.82) is 0 Å². The van der Waals surface area contributed by atoms with Crippen molar-refractivity contribution in [3.63, 3.8) is 0 Å². The highest BCUT2D eigenvalue weighted by Crippen LogP contribution is 2.31. The predicted octanol–water partition coefficient (Wildman–Crippen LogP) is 6.40. The number of ether oxygens (including phenoxy) is 1. The van der Waals surface area contributed by atoms with Crippen molar-refractivity contribution in [3.8, 4) is 22.1 Å². The third kappa shape index (κ3) is 4.15. The molecule has 0 saturated heterocycles. The predicted molar refractivity (Wildman–Crippen MR) is 124 cm³/mol. The first-order valence-corrected chi connectivity index (χ1v) is 10.5. The minimum atomic E-state index is -0.239. The first-order valence-electron chi connectivity index (χ1n) is 9.70. The van der Waals surface area contributed by atoms with E-state index in [0.717, 1.165) is 20.8 Å². The van der Waals surface area contributed by atoms with Gasteiger partial charge in [-0.2, -0.15) is 0 Å². The summed E-state index contributed by atoms with van der Waals surface area (Å²) in [7, 11) is 0. The van der Waals surface area contributed by atoms with Gasteiger partial charge in [0.25, 0.3) is 5.91 Å². The third-order valence-electron chi connectivity index (χ3n) is 4.66. The Bertz CT molecular complexity index is 1330. The number of hydrogen-bond acceptors (Lipinski definition) is 5. The fourth-order valence-corrected chi connectivity index (χ4v) is 4.12. The lowest BCUT2D eigenvalue weighted by atomic mass is 10.1. The molecule has 2 aromatic heterocycles. The lowest BCUT2D eigenvalue weighted by molar-refractivity contribution is 0.102. The first-order chi connectivity index (χ1) is 15.3. The van der Waals surface area contributed by atoms with Crippen molar-refractivity contribution in [2.45, 2.75) is 0 Å². The molecule has 6 heteroatoms. The molecule has 3 aromatic carbocycles. The summed E-state index contributed by atoms with van der Waals surface area (Å²) in [6, 6.07) is 26.2. The molecule has 1 amide bonds. The van der Waals surface area contributed by atoms with Crippen molar-refractivity contribution < 1.29 is 9.53 Å². The van der Waals surface area contributed by atoms with Gasteiger partial charge in [0.2, 0.25) is 0 Å². The summed E-state index contributed by atoms with van der Waals surface area (Å²) in [5.74, 6) is 0.938. The second kappa shape index (κ2) is 8.38. The van der Waals surface area contributed by atoms with Gasteiger partial charge in [0.15, 0.2) is 0 Å². The van der Waals surface area contributed by atoms with Gasteiger partial charge in [-0.1, -0.05) is 42.5 Å². The van der Waals surface area contributed by atoms with Crippen molar-refractivity contribution in [2.75, 3.05) is 5.32 Å². The van der Waals surface area contributed by atoms with E-state index in [9.17, 15) is 4.79 Å². The molecule has 5 nitrogen and oxygen atoms in total. The average Bonchev–Trinajstić information content (AvgIpc) is 3.25. The molecule has 0 radical (unpaired) electrons. The fraction of sp³-hybridized carbons (Fsp3) is 0. The summed E-state index contributed by atoms with van der Waals surface area (Å²) in [6.45, 7) is 0. The number of carbonyl (C=O) groups is 1. The number of anilines is 1. The monoisotopic (exact) mass is 423 g/mol. The number of carbonyl (C=O) groups excluding carboxylic acids is 1. The Morgan fingerprint density at radius 3 is 2.61 bits per heavy atom. The van der Waals surface area contributed by atoms with Crippen LogP contribution < -0.4 is 10.1 Å². The van der Waals surface area contributed by atoms with Crippen LogP contribution in [0, 0.1) is 0 Å². The van der Waals surface area contributed by atoms with E-state index in [0.29, 0.717) is 22.7 Å². The summed E-state index contributed by atoms with van der Waals surface area (Å²) in [6.07, 6.45) is 3.54. The number of amides is 1. The largest absolute Gasteiger partial charge is 0.457 e. The molecule has 0 aliphatic heterocycles. The van der Waals surface area contributed by atoms with Crippen LogP contribution in [0.25, 0.3) is 20.8 Å². The molecule has 0 aliphatic rings. The van der Waals surface area contributed by atoms with Crippen molar-refractivity contribution >= 4 is 33.1 Å². The van der Waals surface area contributed by atoms with Gasteiger partial charge in [-0.05, 0) is 42.5 Å². The van der Waals surface area contributed by atoms with Crippen LogP contribution in [0.5, 0.6) is 11.5 Å². The van der Waals surface area contributed by atoms with E-state index < -0.39 is 0 Å². The van der Waals surface area contributed by atoms with E-state index in [-0.39, 0.29) is 5.91 Å². The number of fused-ring (bicyclic) bond motifs is 1. The highest BCUT2D eigenvalue weighted by Gasteiger charge is 2.14. The molecule has 0 saturated carbocycles. The fourth-order valence-electron chi connectivity index (χ4n) is 3.19. The van der Waals surface area contributed by atoms with Crippen LogP contribution in [0.3, 0.4) is 0 Å². The molecule has 150 valence electrons. The van der Waals surface area contributed by atoms with Gasteiger partial charge in [-0.25, -0.2) is 4.98 Å². The number of pyridine rings is 1. The van der Waals surface area contributed by atoms with Crippen LogP contribution >= 0.6 is 11.3 Å². The molecule has 5 aromatic rings. The molecule has 1 N–H and O–H groups in total. The van der Waals surface area contributed by atoms with Gasteiger partial charge in [0, 0.05) is 23.6 Å². The molecule has 2 heterocycles. The molecule has 0 atom stereocenters. The minimum Gasteiger partial charge on any atom is -0.457 e. The Kier molecular flexibility index (Phi) is 5.12. The summed E-state index contributed by atoms with van der Waals surface area (Å²) in [5.41, 5.74) is 3.00. The van der Waals surface area contributed by atoms with E-state index in [1.807, 2.05) is 79.0 Å². The maximum atomic E-state index is 13.0. The SMILES string of the molecule is O=C(Nc1cccc(-c2nc3ccncc3s2)c1)c1ccccc1Oc1ccccc1. The number of rotatable bonds is 5. The normalized spacial score (nSPS) is 10.7. The lowest BCUT2D eigenvalue weighted by Crippen LogP contribution is -2.13. The summed E-state index contributed by atoms with van der Waals surface area (Å²) < 4.78 is 6.95. The number of benzene rings is 3. The van der Waals surface area contributed by atoms with Gasteiger partial charge in [0.05, 0.1) is 15.8 Å². The molecule has 0 aliphatic carbocycles. The number of para-hydroxylation sites is 2. The summed E-state index contributed by atoms with van der Waals surface area (Å²) in [4.78, 5) is 21.8. The van der Waals surface area contributed by atoms with Gasteiger partial charge in [0.1, 0.15) is 16.5 Å². The topological polar surface area (TPSA) is 64.1 Å². The van der Waals surface area contributed by atoms with Gasteiger partial charge in [-0.3, -0.25) is 9.78 Å². The quantitative estimate of drug-likeness (QED) is 0.355. The number of nitrogens with zero attached hydrogens (tertiary/aromatic N) is 2. The van der Waals surface area contributed by atoms with Crippen LogP contribution in [-0.2, 0) is 0 Å². The van der Waals surface area contributed by atoms with E-state index in [1.165, 1.54) is 0 Å². The Labute approximate surface area is 183 Å². The Hall–Kier alpha value is -4.03. The Morgan fingerprint density at radius 1 is 0.903 bits per heavy atom. The summed E-state index contributed by atoms with van der Waals surface area (Å²) in [5, 5.41) is 3.86. The molecule has 0 bridgehead atoms. The van der Waals surface area contributed by atoms with Crippen LogP contribution in [0.1, 0.15) is 10.4 Å². The number of hydrogen-bond donors (Lipinski definition) is 1. The van der Waals surface area contributed by atoms with Crippen LogP contribution in [-0.4, -0.2) is 15.9 Å². The zero-order valence-electron chi connectivity index (χ0n) is 16.4. The van der Waals surface area contributed by atoms with Crippen LogP contribution in [0.4, 0.5) is 5.69 Å². The molecule has 0 spiro atoms. The second-order valence-electron chi connectivity index (χ2n) is 6.81. The van der Waals surface area contributed by atoms with Gasteiger partial charge < -0.3 is 10.1 Å². The second-order valence-corrected chi connectivity index (χ2v) is 7.84.